The molecule has 0 atom stereocenters. The van der Waals surface area contributed by atoms with Crippen molar-refractivity contribution in [3.63, 3.8) is 0 Å². The predicted molar refractivity (Wildman–Crippen MR) is 22.4 cm³/mol. The second kappa shape index (κ2) is 3.00. The van der Waals surface area contributed by atoms with Crippen LogP contribution in [0.5, 0.6) is 0 Å². The molecule has 0 aromatic rings. The maximum atomic E-state index is 10.7. The number of alkyl halides is 3. The molecule has 0 bridgehead atoms. The Morgan fingerprint density at radius 3 is 1.50 bits per heavy atom. The van der Waals surface area contributed by atoms with Gasteiger partial charge in [0.25, 0.3) is 0 Å². The summed E-state index contributed by atoms with van der Waals surface area (Å²) >= 11 is 0. The number of nitrogens with two attached hydrogens (primary N) is 1. The van der Waals surface area contributed by atoms with E-state index in [4.69, 9.17) is 4.79 Å². The zero-order valence-electron chi connectivity index (χ0n) is 3.12. The Hall–Kier alpha value is -0.143. The summed E-state index contributed by atoms with van der Waals surface area (Å²) < 4.78 is 32.1. The zero-order valence-corrected chi connectivity index (χ0v) is 3.12. The molecule has 0 aliphatic heterocycles. The van der Waals surface area contributed by atoms with E-state index in [2.05, 4.69) is 5.73 Å². The van der Waals surface area contributed by atoms with E-state index in [-0.39, 0.29) is 18.9 Å². The first kappa shape index (κ1) is 10.8. The van der Waals surface area contributed by atoms with Crippen molar-refractivity contribution in [2.75, 3.05) is 0 Å². The molecule has 2 N–H and O–H groups in total. The van der Waals surface area contributed by atoms with Crippen LogP contribution in [0.15, 0.2) is 0 Å². The topological polar surface area (TPSA) is 43.1 Å². The predicted octanol–water partition coefficient (Wildman–Crippen LogP) is -0.614. The van der Waals surface area contributed by atoms with Crippen LogP contribution in [0.2, 0.25) is 0 Å². The summed E-state index contributed by atoms with van der Waals surface area (Å²) in [6.07, 6.45) is -4.86. The van der Waals surface area contributed by atoms with E-state index < -0.39 is 12.1 Å². The first-order chi connectivity index (χ1) is 2.94. The minimum absolute atomic E-state index is 0. The van der Waals surface area contributed by atoms with Crippen LogP contribution in [0.1, 0.15) is 0 Å². The summed E-state index contributed by atoms with van der Waals surface area (Å²) in [7, 11) is 0. The molecule has 0 aliphatic carbocycles. The van der Waals surface area contributed by atoms with Crippen LogP contribution in [0.25, 0.3) is 0 Å². The summed E-state index contributed by atoms with van der Waals surface area (Å²) in [6, 6.07) is 0. The van der Waals surface area contributed by atoms with Crippen molar-refractivity contribution in [2.24, 2.45) is 5.73 Å². The molecule has 44 valence electrons. The van der Waals surface area contributed by atoms with Crippen molar-refractivity contribution < 1.29 is 18.0 Å². The molecule has 0 rings (SSSR count). The van der Waals surface area contributed by atoms with E-state index in [1.165, 1.54) is 0 Å². The molecule has 0 aliphatic rings. The molecule has 8 heavy (non-hydrogen) atoms. The van der Waals surface area contributed by atoms with Crippen LogP contribution in [-0.2, 0) is 4.79 Å². The van der Waals surface area contributed by atoms with Crippen molar-refractivity contribution in [1.29, 1.82) is 0 Å². The number of amides is 1. The molecule has 1 amide bonds. The van der Waals surface area contributed by atoms with Gasteiger partial charge in [-0.15, -0.1) is 0 Å². The Balaban J connectivity index is 0. The molecule has 0 unspecified atom stereocenters. The fourth-order valence-corrected chi connectivity index (χ4v) is 0. The summed E-state index contributed by atoms with van der Waals surface area (Å²) in [5, 5.41) is 0. The number of primary amides is 1. The molecule has 0 spiro atoms. The number of carbonyl (C=O) groups excluding carboxylic acids is 1. The number of hydrogen-bond acceptors (Lipinski definition) is 1. The monoisotopic (exact) mass is 121 g/mol. The van der Waals surface area contributed by atoms with E-state index in [0.717, 1.165) is 0 Å². The van der Waals surface area contributed by atoms with Crippen molar-refractivity contribution in [3.05, 3.63) is 0 Å². The van der Waals surface area contributed by atoms with Crippen LogP contribution >= 0.6 is 0 Å². The van der Waals surface area contributed by atoms with Gasteiger partial charge in [-0.25, -0.2) is 0 Å². The molecule has 0 saturated carbocycles. The first-order valence-corrected chi connectivity index (χ1v) is 1.31. The Kier molecular flexibility index (Phi) is 4.04. The average Bonchev–Trinajstić information content (AvgIpc) is 1.31. The summed E-state index contributed by atoms with van der Waals surface area (Å²) in [5.41, 5.74) is 3.81. The van der Waals surface area contributed by atoms with Gasteiger partial charge in [-0.2, -0.15) is 13.2 Å². The van der Waals surface area contributed by atoms with Crippen molar-refractivity contribution in [3.8, 4) is 0 Å². The third-order valence-electron chi connectivity index (χ3n) is 0.279. The van der Waals surface area contributed by atoms with E-state index in [9.17, 15) is 13.2 Å². The van der Waals surface area contributed by atoms with Crippen LogP contribution in [-0.4, -0.2) is 30.9 Å². The SMILES string of the molecule is NC(=O)C(F)(F)F.[LiH]. The number of rotatable bonds is 0. The van der Waals surface area contributed by atoms with Gasteiger partial charge in [0.1, 0.15) is 0 Å². The maximum absolute atomic E-state index is 10.7. The Morgan fingerprint density at radius 1 is 1.38 bits per heavy atom. The van der Waals surface area contributed by atoms with Crippen molar-refractivity contribution in [2.45, 2.75) is 6.18 Å². The van der Waals surface area contributed by atoms with Gasteiger partial charge >= 0.3 is 30.9 Å². The summed E-state index contributed by atoms with van der Waals surface area (Å²) in [4.78, 5) is 9.12. The molecule has 0 aromatic heterocycles. The fourth-order valence-electron chi connectivity index (χ4n) is 0. The molecule has 6 heteroatoms. The molecular weight excluding hydrogens is 118 g/mol. The molecule has 0 saturated heterocycles. The zero-order chi connectivity index (χ0) is 6.08. The quantitative estimate of drug-likeness (QED) is 0.426. The molecular formula is C2H3F3LiNO. The van der Waals surface area contributed by atoms with Crippen LogP contribution in [0.4, 0.5) is 13.2 Å². The standard InChI is InChI=1S/C2H2F3NO.Li.H/c3-2(4,5)1(6)7;;/h(H2,6,7);;. The summed E-state index contributed by atoms with van der Waals surface area (Å²) in [6.45, 7) is 0. The van der Waals surface area contributed by atoms with E-state index in [0.29, 0.717) is 0 Å². The number of hydrogen-bond donors (Lipinski definition) is 1. The van der Waals surface area contributed by atoms with E-state index in [1.807, 2.05) is 0 Å². The van der Waals surface area contributed by atoms with Gasteiger partial charge in [-0.3, -0.25) is 4.79 Å². The van der Waals surface area contributed by atoms with Crippen LogP contribution < -0.4 is 5.73 Å². The van der Waals surface area contributed by atoms with E-state index in [1.54, 1.807) is 0 Å². The molecule has 0 aromatic carbocycles. The second-order valence-electron chi connectivity index (χ2n) is 0.862. The van der Waals surface area contributed by atoms with Crippen molar-refractivity contribution >= 4 is 24.8 Å². The fraction of sp³-hybridized carbons (Fsp3) is 0.500. The third kappa shape index (κ3) is 4.03. The number of carbonyl (C=O) groups is 1. The summed E-state index contributed by atoms with van der Waals surface area (Å²) in [5.74, 6) is -2.26. The van der Waals surface area contributed by atoms with Gasteiger partial charge in [0.05, 0.1) is 0 Å². The Bertz CT molecular complexity index is 89.8. The average molecular weight is 121 g/mol. The molecule has 0 radical (unpaired) electrons. The normalized spacial score (nSPS) is 9.88. The van der Waals surface area contributed by atoms with E-state index >= 15 is 0 Å². The van der Waals surface area contributed by atoms with Gasteiger partial charge < -0.3 is 5.73 Å². The van der Waals surface area contributed by atoms with Gasteiger partial charge in [0.2, 0.25) is 0 Å². The molecule has 0 heterocycles. The van der Waals surface area contributed by atoms with Gasteiger partial charge in [0.15, 0.2) is 0 Å². The molecule has 0 fully saturated rings. The first-order valence-electron chi connectivity index (χ1n) is 1.31. The second-order valence-corrected chi connectivity index (χ2v) is 0.862. The Labute approximate surface area is 55.4 Å². The Morgan fingerprint density at radius 2 is 1.50 bits per heavy atom. The number of halogens is 3. The third-order valence-corrected chi connectivity index (χ3v) is 0.279. The van der Waals surface area contributed by atoms with Crippen molar-refractivity contribution in [1.82, 2.24) is 0 Å². The van der Waals surface area contributed by atoms with Crippen LogP contribution in [0.3, 0.4) is 0 Å². The minimum atomic E-state index is -4.86. The van der Waals surface area contributed by atoms with Crippen LogP contribution in [0, 0.1) is 0 Å². The molecule has 2 nitrogen and oxygen atoms in total. The van der Waals surface area contributed by atoms with Gasteiger partial charge in [0, 0.05) is 0 Å². The van der Waals surface area contributed by atoms with Gasteiger partial charge in [-0.05, 0) is 0 Å². The van der Waals surface area contributed by atoms with Gasteiger partial charge in [-0.1, -0.05) is 0 Å².